The molecule has 0 saturated carbocycles. The highest BCUT2D eigenvalue weighted by Crippen LogP contribution is 2.26. The van der Waals surface area contributed by atoms with Crippen LogP contribution in [0.1, 0.15) is 24.8 Å². The van der Waals surface area contributed by atoms with E-state index in [0.717, 1.165) is 12.2 Å². The van der Waals surface area contributed by atoms with Crippen LogP contribution in [-0.2, 0) is 21.1 Å². The summed E-state index contributed by atoms with van der Waals surface area (Å²) < 4.78 is 28.5. The smallest absolute Gasteiger partial charge is 0.220 e. The summed E-state index contributed by atoms with van der Waals surface area (Å²) in [7, 11) is -2.86. The molecule has 2 aliphatic heterocycles. The maximum Gasteiger partial charge on any atom is 0.220 e. The Labute approximate surface area is 137 Å². The maximum atomic E-state index is 12.1. The van der Waals surface area contributed by atoms with Crippen molar-refractivity contribution in [1.29, 1.82) is 0 Å². The van der Waals surface area contributed by atoms with E-state index in [4.69, 9.17) is 4.74 Å². The molecule has 1 unspecified atom stereocenters. The van der Waals surface area contributed by atoms with Gasteiger partial charge in [0.1, 0.15) is 15.6 Å². The van der Waals surface area contributed by atoms with Crippen molar-refractivity contribution in [2.24, 2.45) is 11.8 Å². The molecule has 0 spiro atoms. The Balaban J connectivity index is 1.42. The van der Waals surface area contributed by atoms with Crippen LogP contribution in [0.4, 0.5) is 0 Å². The van der Waals surface area contributed by atoms with Crippen LogP contribution in [0.3, 0.4) is 0 Å². The average molecular weight is 337 g/mol. The summed E-state index contributed by atoms with van der Waals surface area (Å²) in [6.07, 6.45) is 2.56. The summed E-state index contributed by atoms with van der Waals surface area (Å²) >= 11 is 0. The minimum atomic E-state index is -2.86. The van der Waals surface area contributed by atoms with Crippen LogP contribution >= 0.6 is 0 Å². The van der Waals surface area contributed by atoms with E-state index in [1.807, 2.05) is 18.2 Å². The highest BCUT2D eigenvalue weighted by molar-refractivity contribution is 7.91. The van der Waals surface area contributed by atoms with Crippen LogP contribution in [0, 0.1) is 11.8 Å². The van der Waals surface area contributed by atoms with E-state index in [0.29, 0.717) is 38.3 Å². The summed E-state index contributed by atoms with van der Waals surface area (Å²) in [6.45, 7) is 1.23. The molecule has 0 radical (unpaired) electrons. The number of carbonyl (C=O) groups excluding carboxylic acids is 1. The van der Waals surface area contributed by atoms with Gasteiger partial charge in [-0.3, -0.25) is 4.79 Å². The Morgan fingerprint density at radius 2 is 1.91 bits per heavy atom. The molecular formula is C17H23NO4S. The normalized spacial score (nSPS) is 23.6. The summed E-state index contributed by atoms with van der Waals surface area (Å²) in [5.74, 6) is 1.89. The van der Waals surface area contributed by atoms with Gasteiger partial charge in [-0.25, -0.2) is 8.42 Å². The minimum absolute atomic E-state index is 0.0214. The molecule has 1 aromatic rings. The lowest BCUT2D eigenvalue weighted by atomic mass is 9.96. The molecule has 1 atom stereocenters. The highest BCUT2D eigenvalue weighted by atomic mass is 32.2. The van der Waals surface area contributed by atoms with Crippen LogP contribution in [0.2, 0.25) is 0 Å². The molecule has 23 heavy (non-hydrogen) atoms. The lowest BCUT2D eigenvalue weighted by Crippen LogP contribution is -2.36. The number of fused-ring (bicyclic) bond motifs is 1. The summed E-state index contributed by atoms with van der Waals surface area (Å²) in [4.78, 5) is 12.1. The van der Waals surface area contributed by atoms with Crippen molar-refractivity contribution in [2.45, 2.75) is 25.7 Å². The fourth-order valence-corrected chi connectivity index (χ4v) is 4.85. The maximum absolute atomic E-state index is 12.1. The van der Waals surface area contributed by atoms with Crippen molar-refractivity contribution in [3.63, 3.8) is 0 Å². The zero-order valence-electron chi connectivity index (χ0n) is 13.2. The van der Waals surface area contributed by atoms with Gasteiger partial charge in [0, 0.05) is 18.9 Å². The zero-order chi connectivity index (χ0) is 16.3. The minimum Gasteiger partial charge on any atom is -0.493 e. The number of carbonyl (C=O) groups is 1. The van der Waals surface area contributed by atoms with Crippen LogP contribution in [0.15, 0.2) is 24.3 Å². The molecule has 126 valence electrons. The van der Waals surface area contributed by atoms with Gasteiger partial charge in [0.05, 0.1) is 18.1 Å². The Morgan fingerprint density at radius 1 is 1.17 bits per heavy atom. The fraction of sp³-hybridized carbons (Fsp3) is 0.588. The van der Waals surface area contributed by atoms with E-state index in [9.17, 15) is 13.2 Å². The lowest BCUT2D eigenvalue weighted by molar-refractivity contribution is -0.122. The summed E-state index contributed by atoms with van der Waals surface area (Å²) in [5.41, 5.74) is 1.19. The number of amides is 1. The molecule has 5 nitrogen and oxygen atoms in total. The first-order valence-corrected chi connectivity index (χ1v) is 10.0. The molecule has 2 heterocycles. The van der Waals surface area contributed by atoms with Gasteiger partial charge in [-0.15, -0.1) is 0 Å². The van der Waals surface area contributed by atoms with Crippen molar-refractivity contribution >= 4 is 15.7 Å². The van der Waals surface area contributed by atoms with Crippen LogP contribution in [0.25, 0.3) is 0 Å². The molecule has 0 aromatic heterocycles. The molecule has 1 N–H and O–H groups in total. The molecule has 2 aliphatic rings. The third kappa shape index (κ3) is 4.47. The van der Waals surface area contributed by atoms with Gasteiger partial charge in [0.2, 0.25) is 5.91 Å². The van der Waals surface area contributed by atoms with Crippen molar-refractivity contribution in [3.05, 3.63) is 29.8 Å². The second kappa shape index (κ2) is 6.91. The quantitative estimate of drug-likeness (QED) is 0.905. The molecular weight excluding hydrogens is 314 g/mol. The van der Waals surface area contributed by atoms with Crippen LogP contribution < -0.4 is 10.1 Å². The van der Waals surface area contributed by atoms with E-state index in [1.165, 1.54) is 5.56 Å². The largest absolute Gasteiger partial charge is 0.493 e. The number of hydrogen-bond donors (Lipinski definition) is 1. The van der Waals surface area contributed by atoms with Gasteiger partial charge in [-0.05, 0) is 36.8 Å². The first-order valence-electron chi connectivity index (χ1n) is 8.20. The first-order chi connectivity index (χ1) is 11.0. The van der Waals surface area contributed by atoms with Gasteiger partial charge < -0.3 is 10.1 Å². The highest BCUT2D eigenvalue weighted by Gasteiger charge is 2.26. The van der Waals surface area contributed by atoms with Crippen molar-refractivity contribution in [2.75, 3.05) is 24.7 Å². The third-order valence-electron chi connectivity index (χ3n) is 4.69. The Kier molecular flexibility index (Phi) is 4.90. The Morgan fingerprint density at radius 3 is 2.70 bits per heavy atom. The number of rotatable bonds is 4. The van der Waals surface area contributed by atoms with Gasteiger partial charge in [0.25, 0.3) is 0 Å². The van der Waals surface area contributed by atoms with Crippen molar-refractivity contribution in [3.8, 4) is 5.75 Å². The van der Waals surface area contributed by atoms with E-state index in [1.54, 1.807) is 0 Å². The molecule has 6 heteroatoms. The van der Waals surface area contributed by atoms with Crippen LogP contribution in [-0.4, -0.2) is 39.0 Å². The van der Waals surface area contributed by atoms with Gasteiger partial charge in [0.15, 0.2) is 0 Å². The number of nitrogens with one attached hydrogen (secondary N) is 1. The van der Waals surface area contributed by atoms with Crippen molar-refractivity contribution < 1.29 is 17.9 Å². The summed E-state index contributed by atoms with van der Waals surface area (Å²) in [6, 6.07) is 8.00. The Hall–Kier alpha value is -1.56. The van der Waals surface area contributed by atoms with Crippen LogP contribution in [0.5, 0.6) is 5.75 Å². The fourth-order valence-electron chi connectivity index (χ4n) is 3.26. The molecule has 1 amide bonds. The second-order valence-corrected chi connectivity index (χ2v) is 8.90. The number of hydrogen-bond acceptors (Lipinski definition) is 4. The Bertz CT molecular complexity index is 657. The first kappa shape index (κ1) is 16.3. The topological polar surface area (TPSA) is 72.5 Å². The van der Waals surface area contributed by atoms with E-state index in [2.05, 4.69) is 11.4 Å². The van der Waals surface area contributed by atoms with E-state index in [-0.39, 0.29) is 23.3 Å². The molecule has 0 bridgehead atoms. The standard InChI is InChI=1S/C17H23NO4S/c19-17(10-13-5-7-23(20,21)8-6-13)18-11-14-9-15-3-1-2-4-16(15)22-12-14/h1-4,13-14H,5-12H2,(H,18,19). The third-order valence-corrected chi connectivity index (χ3v) is 6.41. The average Bonchev–Trinajstić information content (AvgIpc) is 2.55. The number of para-hydroxylation sites is 1. The predicted octanol–water partition coefficient (Wildman–Crippen LogP) is 1.57. The van der Waals surface area contributed by atoms with Crippen molar-refractivity contribution in [1.82, 2.24) is 5.32 Å². The molecule has 0 aliphatic carbocycles. The number of sulfone groups is 1. The van der Waals surface area contributed by atoms with Gasteiger partial charge in [-0.1, -0.05) is 18.2 Å². The van der Waals surface area contributed by atoms with E-state index < -0.39 is 9.84 Å². The SMILES string of the molecule is O=C(CC1CCS(=O)(=O)CC1)NCC1COc2ccccc2C1. The molecule has 3 rings (SSSR count). The number of ether oxygens (including phenoxy) is 1. The zero-order valence-corrected chi connectivity index (χ0v) is 14.0. The van der Waals surface area contributed by atoms with E-state index >= 15 is 0 Å². The van der Waals surface area contributed by atoms with Gasteiger partial charge in [-0.2, -0.15) is 0 Å². The second-order valence-electron chi connectivity index (χ2n) is 6.59. The lowest BCUT2D eigenvalue weighted by Gasteiger charge is -2.26. The molecule has 1 aromatic carbocycles. The summed E-state index contributed by atoms with van der Waals surface area (Å²) in [5, 5.41) is 2.98. The predicted molar refractivity (Wildman–Crippen MR) is 88.1 cm³/mol. The van der Waals surface area contributed by atoms with Gasteiger partial charge >= 0.3 is 0 Å². The molecule has 1 saturated heterocycles. The molecule has 1 fully saturated rings. The monoisotopic (exact) mass is 337 g/mol. The number of benzene rings is 1.